The fourth-order valence-electron chi connectivity index (χ4n) is 2.20. The van der Waals surface area contributed by atoms with Crippen LogP contribution < -0.4 is 5.32 Å². The molecule has 1 aromatic rings. The first-order chi connectivity index (χ1) is 9.06. The molecule has 1 amide bonds. The summed E-state index contributed by atoms with van der Waals surface area (Å²) in [4.78, 5) is 12.1. The first kappa shape index (κ1) is 14.7. The van der Waals surface area contributed by atoms with Crippen molar-refractivity contribution in [1.82, 2.24) is 0 Å². The molecule has 0 spiro atoms. The van der Waals surface area contributed by atoms with E-state index in [0.29, 0.717) is 10.9 Å². The van der Waals surface area contributed by atoms with Crippen molar-refractivity contribution in [3.05, 3.63) is 29.0 Å². The molecule has 0 unspecified atom stereocenters. The van der Waals surface area contributed by atoms with Gasteiger partial charge in [-0.05, 0) is 38.0 Å². The van der Waals surface area contributed by atoms with Crippen LogP contribution in [0.3, 0.4) is 0 Å². The molecule has 0 aliphatic heterocycles. The molecule has 1 fully saturated rings. The van der Waals surface area contributed by atoms with Crippen LogP contribution in [0.25, 0.3) is 0 Å². The van der Waals surface area contributed by atoms with Crippen LogP contribution >= 0.6 is 23.4 Å². The average Bonchev–Trinajstić information content (AvgIpc) is 2.85. The Bertz CT molecular complexity index is 463. The quantitative estimate of drug-likeness (QED) is 0.888. The largest absolute Gasteiger partial charge is 0.324 e. The number of thioether (sulfide) groups is 1. The summed E-state index contributed by atoms with van der Waals surface area (Å²) in [6.45, 7) is 1.90. The molecule has 5 heteroatoms. The van der Waals surface area contributed by atoms with Crippen LogP contribution in [-0.4, -0.2) is 16.4 Å². The molecule has 1 saturated carbocycles. The highest BCUT2D eigenvalue weighted by Gasteiger charge is 2.22. The van der Waals surface area contributed by atoms with Gasteiger partial charge in [0.25, 0.3) is 0 Å². The SMILES string of the molecule is C[C@H](SC1CCCC1)C(=O)Nc1ccc(F)cc1Cl. The molecule has 0 radical (unpaired) electrons. The normalized spacial score (nSPS) is 17.4. The van der Waals surface area contributed by atoms with Crippen molar-refractivity contribution < 1.29 is 9.18 Å². The second kappa shape index (κ2) is 6.62. The molecule has 104 valence electrons. The molecule has 1 aliphatic rings. The third kappa shape index (κ3) is 4.11. The van der Waals surface area contributed by atoms with Crippen molar-refractivity contribution >= 4 is 35.0 Å². The molecule has 0 heterocycles. The summed E-state index contributed by atoms with van der Waals surface area (Å²) >= 11 is 7.60. The van der Waals surface area contributed by atoms with Gasteiger partial charge in [-0.1, -0.05) is 24.4 Å². The summed E-state index contributed by atoms with van der Waals surface area (Å²) in [6.07, 6.45) is 4.91. The highest BCUT2D eigenvalue weighted by Crippen LogP contribution is 2.33. The number of carbonyl (C=O) groups is 1. The maximum Gasteiger partial charge on any atom is 0.237 e. The first-order valence-corrected chi connectivity index (χ1v) is 7.79. The van der Waals surface area contributed by atoms with E-state index in [9.17, 15) is 9.18 Å². The molecule has 1 N–H and O–H groups in total. The van der Waals surface area contributed by atoms with Crippen LogP contribution in [-0.2, 0) is 4.79 Å². The van der Waals surface area contributed by atoms with E-state index < -0.39 is 5.82 Å². The Hall–Kier alpha value is -0.740. The highest BCUT2D eigenvalue weighted by molar-refractivity contribution is 8.01. The van der Waals surface area contributed by atoms with E-state index in [0.717, 1.165) is 0 Å². The molecule has 1 aromatic carbocycles. The number of anilines is 1. The smallest absolute Gasteiger partial charge is 0.237 e. The Morgan fingerprint density at radius 3 is 2.79 bits per heavy atom. The number of hydrogen-bond acceptors (Lipinski definition) is 2. The van der Waals surface area contributed by atoms with E-state index in [4.69, 9.17) is 11.6 Å². The van der Waals surface area contributed by atoms with Crippen molar-refractivity contribution in [2.45, 2.75) is 43.1 Å². The maximum atomic E-state index is 12.9. The lowest BCUT2D eigenvalue weighted by Crippen LogP contribution is -2.24. The molecule has 2 rings (SSSR count). The summed E-state index contributed by atoms with van der Waals surface area (Å²) < 4.78 is 12.9. The van der Waals surface area contributed by atoms with Gasteiger partial charge in [0, 0.05) is 5.25 Å². The molecule has 0 bridgehead atoms. The van der Waals surface area contributed by atoms with Gasteiger partial charge in [0.05, 0.1) is 16.0 Å². The van der Waals surface area contributed by atoms with Gasteiger partial charge in [-0.2, -0.15) is 0 Å². The second-order valence-corrected chi connectivity index (χ2v) is 6.85. The van der Waals surface area contributed by atoms with Gasteiger partial charge in [0.15, 0.2) is 0 Å². The molecule has 1 aliphatic carbocycles. The fraction of sp³-hybridized carbons (Fsp3) is 0.500. The van der Waals surface area contributed by atoms with Crippen LogP contribution in [0.1, 0.15) is 32.6 Å². The second-order valence-electron chi connectivity index (χ2n) is 4.80. The van der Waals surface area contributed by atoms with Gasteiger partial charge in [0.2, 0.25) is 5.91 Å². The molecular weight excluding hydrogens is 285 g/mol. The Morgan fingerprint density at radius 1 is 1.47 bits per heavy atom. The number of amides is 1. The van der Waals surface area contributed by atoms with Crippen molar-refractivity contribution in [3.63, 3.8) is 0 Å². The van der Waals surface area contributed by atoms with Crippen LogP contribution in [0.15, 0.2) is 18.2 Å². The lowest BCUT2D eigenvalue weighted by atomic mass is 10.3. The van der Waals surface area contributed by atoms with Crippen molar-refractivity contribution in [2.24, 2.45) is 0 Å². The minimum absolute atomic E-state index is 0.0783. The van der Waals surface area contributed by atoms with E-state index in [-0.39, 0.29) is 16.2 Å². The van der Waals surface area contributed by atoms with Crippen LogP contribution in [0.4, 0.5) is 10.1 Å². The minimum atomic E-state index is -0.406. The zero-order valence-corrected chi connectivity index (χ0v) is 12.4. The van der Waals surface area contributed by atoms with E-state index in [1.807, 2.05) is 6.92 Å². The summed E-state index contributed by atoms with van der Waals surface area (Å²) in [5.74, 6) is -0.484. The van der Waals surface area contributed by atoms with E-state index in [1.54, 1.807) is 11.8 Å². The summed E-state index contributed by atoms with van der Waals surface area (Å²) in [7, 11) is 0. The predicted molar refractivity (Wildman–Crippen MR) is 79.3 cm³/mol. The number of hydrogen-bond donors (Lipinski definition) is 1. The zero-order valence-electron chi connectivity index (χ0n) is 10.8. The third-order valence-electron chi connectivity index (χ3n) is 3.26. The number of halogens is 2. The lowest BCUT2D eigenvalue weighted by molar-refractivity contribution is -0.115. The minimum Gasteiger partial charge on any atom is -0.324 e. The summed E-state index contributed by atoms with van der Waals surface area (Å²) in [5.41, 5.74) is 0.465. The van der Waals surface area contributed by atoms with Crippen LogP contribution in [0.2, 0.25) is 5.02 Å². The topological polar surface area (TPSA) is 29.1 Å². The van der Waals surface area contributed by atoms with Crippen LogP contribution in [0, 0.1) is 5.82 Å². The standard InChI is InChI=1S/C14H17ClFNOS/c1-9(19-11-4-2-3-5-11)14(18)17-13-7-6-10(16)8-12(13)15/h6-9,11H,2-5H2,1H3,(H,17,18)/t9-/m0/s1. The molecule has 1 atom stereocenters. The maximum absolute atomic E-state index is 12.9. The summed E-state index contributed by atoms with van der Waals surface area (Å²) in [6, 6.07) is 3.98. The fourth-order valence-corrected chi connectivity index (χ4v) is 3.78. The first-order valence-electron chi connectivity index (χ1n) is 6.47. The van der Waals surface area contributed by atoms with Gasteiger partial charge < -0.3 is 5.32 Å². The Kier molecular flexibility index (Phi) is 5.11. The third-order valence-corrected chi connectivity index (χ3v) is 5.05. The van der Waals surface area contributed by atoms with E-state index in [2.05, 4.69) is 5.32 Å². The van der Waals surface area contributed by atoms with Gasteiger partial charge >= 0.3 is 0 Å². The Balaban J connectivity index is 1.92. The van der Waals surface area contributed by atoms with Crippen LogP contribution in [0.5, 0.6) is 0 Å². The van der Waals surface area contributed by atoms with Crippen molar-refractivity contribution in [3.8, 4) is 0 Å². The Morgan fingerprint density at radius 2 is 2.16 bits per heavy atom. The van der Waals surface area contributed by atoms with Gasteiger partial charge in [-0.3, -0.25) is 4.79 Å². The molecule has 0 saturated heterocycles. The number of carbonyl (C=O) groups excluding carboxylic acids is 1. The van der Waals surface area contributed by atoms with E-state index in [1.165, 1.54) is 43.9 Å². The number of benzene rings is 1. The summed E-state index contributed by atoms with van der Waals surface area (Å²) in [5, 5.41) is 3.45. The van der Waals surface area contributed by atoms with Gasteiger partial charge in [-0.15, -0.1) is 11.8 Å². The van der Waals surface area contributed by atoms with Gasteiger partial charge in [0.1, 0.15) is 5.82 Å². The van der Waals surface area contributed by atoms with Crippen molar-refractivity contribution in [2.75, 3.05) is 5.32 Å². The predicted octanol–water partition coefficient (Wildman–Crippen LogP) is 4.48. The average molecular weight is 302 g/mol. The molecule has 2 nitrogen and oxygen atoms in total. The number of nitrogens with one attached hydrogen (secondary N) is 1. The highest BCUT2D eigenvalue weighted by atomic mass is 35.5. The molecule has 19 heavy (non-hydrogen) atoms. The van der Waals surface area contributed by atoms with E-state index >= 15 is 0 Å². The monoisotopic (exact) mass is 301 g/mol. The molecular formula is C14H17ClFNOS. The van der Waals surface area contributed by atoms with Gasteiger partial charge in [-0.25, -0.2) is 4.39 Å². The van der Waals surface area contributed by atoms with Crippen molar-refractivity contribution in [1.29, 1.82) is 0 Å². The number of rotatable bonds is 4. The Labute approximate surface area is 122 Å². The molecule has 0 aromatic heterocycles. The zero-order chi connectivity index (χ0) is 13.8. The lowest BCUT2D eigenvalue weighted by Gasteiger charge is -2.16.